The Bertz CT molecular complexity index is 924. The number of piperidine rings is 1. The van der Waals surface area contributed by atoms with Crippen molar-refractivity contribution in [2.24, 2.45) is 0 Å². The molecule has 2 aromatic carbocycles. The van der Waals surface area contributed by atoms with Crippen molar-refractivity contribution in [2.45, 2.75) is 25.4 Å². The number of carbonyl (C=O) groups is 1. The molecule has 0 atom stereocenters. The monoisotopic (exact) mass is 376 g/mol. The molecule has 0 unspecified atom stereocenters. The normalized spacial score (nSPS) is 14.8. The summed E-state index contributed by atoms with van der Waals surface area (Å²) in [6.45, 7) is 2.01. The summed E-state index contributed by atoms with van der Waals surface area (Å²) >= 11 is 0. The molecule has 1 aromatic heterocycles. The van der Waals surface area contributed by atoms with Crippen LogP contribution in [-0.4, -0.2) is 46.6 Å². The summed E-state index contributed by atoms with van der Waals surface area (Å²) < 4.78 is 6.00. The number of aromatic nitrogens is 2. The summed E-state index contributed by atoms with van der Waals surface area (Å²) in [6.07, 6.45) is 4.16. The fourth-order valence-electron chi connectivity index (χ4n) is 3.41. The van der Waals surface area contributed by atoms with E-state index in [0.717, 1.165) is 30.3 Å². The average molecular weight is 376 g/mol. The minimum absolute atomic E-state index is 0.000113. The molecule has 0 bridgehead atoms. The van der Waals surface area contributed by atoms with Crippen molar-refractivity contribution < 1.29 is 9.53 Å². The lowest BCUT2D eigenvalue weighted by Gasteiger charge is -2.31. The largest absolute Gasteiger partial charge is 0.473 e. The van der Waals surface area contributed by atoms with Crippen LogP contribution in [0.1, 0.15) is 18.4 Å². The van der Waals surface area contributed by atoms with Crippen molar-refractivity contribution in [2.75, 3.05) is 19.6 Å². The first-order chi connectivity index (χ1) is 13.8. The molecule has 0 aliphatic carbocycles. The standard InChI is InChI=1S/C22H24N4O2/c27-22(23-13-10-17-6-2-1-3-7-17)26-14-11-18(12-15-26)28-21-16-24-19-8-4-5-9-20(19)25-21/h1-9,16,18H,10-15H2,(H,23,27). The number of rotatable bonds is 5. The first-order valence-corrected chi connectivity index (χ1v) is 9.73. The highest BCUT2D eigenvalue weighted by molar-refractivity contribution is 5.74. The maximum Gasteiger partial charge on any atom is 0.317 e. The molecular weight excluding hydrogens is 352 g/mol. The van der Waals surface area contributed by atoms with Gasteiger partial charge in [0.2, 0.25) is 5.88 Å². The van der Waals surface area contributed by atoms with Crippen LogP contribution >= 0.6 is 0 Å². The van der Waals surface area contributed by atoms with Gasteiger partial charge in [0, 0.05) is 32.5 Å². The van der Waals surface area contributed by atoms with Gasteiger partial charge < -0.3 is 15.0 Å². The third-order valence-corrected chi connectivity index (χ3v) is 4.98. The lowest BCUT2D eigenvalue weighted by Crippen LogP contribution is -2.46. The van der Waals surface area contributed by atoms with Crippen molar-refractivity contribution in [3.63, 3.8) is 0 Å². The lowest BCUT2D eigenvalue weighted by atomic mass is 10.1. The van der Waals surface area contributed by atoms with E-state index in [1.54, 1.807) is 6.20 Å². The number of para-hydroxylation sites is 2. The number of nitrogens with zero attached hydrogens (tertiary/aromatic N) is 3. The summed E-state index contributed by atoms with van der Waals surface area (Å²) in [5.74, 6) is 0.546. The fourth-order valence-corrected chi connectivity index (χ4v) is 3.41. The molecule has 144 valence electrons. The van der Waals surface area contributed by atoms with E-state index in [-0.39, 0.29) is 12.1 Å². The second kappa shape index (κ2) is 8.69. The van der Waals surface area contributed by atoms with Crippen LogP contribution in [0.15, 0.2) is 60.8 Å². The van der Waals surface area contributed by atoms with Gasteiger partial charge in [0.1, 0.15) is 6.10 Å². The Labute approximate surface area is 164 Å². The van der Waals surface area contributed by atoms with Crippen molar-refractivity contribution in [1.29, 1.82) is 0 Å². The van der Waals surface area contributed by atoms with Gasteiger partial charge in [-0.15, -0.1) is 0 Å². The van der Waals surface area contributed by atoms with Crippen LogP contribution in [0.5, 0.6) is 5.88 Å². The fraction of sp³-hybridized carbons (Fsp3) is 0.318. The second-order valence-electron chi connectivity index (χ2n) is 6.97. The van der Waals surface area contributed by atoms with Gasteiger partial charge in [-0.05, 0) is 24.1 Å². The first-order valence-electron chi connectivity index (χ1n) is 9.73. The van der Waals surface area contributed by atoms with Crippen LogP contribution in [-0.2, 0) is 6.42 Å². The third-order valence-electron chi connectivity index (χ3n) is 4.98. The van der Waals surface area contributed by atoms with Crippen molar-refractivity contribution in [3.8, 4) is 5.88 Å². The highest BCUT2D eigenvalue weighted by Gasteiger charge is 2.24. The van der Waals surface area contributed by atoms with Gasteiger partial charge in [-0.1, -0.05) is 42.5 Å². The highest BCUT2D eigenvalue weighted by atomic mass is 16.5. The number of likely N-dealkylation sites (tertiary alicyclic amines) is 1. The molecule has 1 saturated heterocycles. The van der Waals surface area contributed by atoms with Crippen LogP contribution in [0.3, 0.4) is 0 Å². The van der Waals surface area contributed by atoms with E-state index in [9.17, 15) is 4.79 Å². The summed E-state index contributed by atoms with van der Waals surface area (Å²) in [4.78, 5) is 23.1. The number of carbonyl (C=O) groups excluding carboxylic acids is 1. The van der Waals surface area contributed by atoms with E-state index in [4.69, 9.17) is 4.74 Å². The number of ether oxygens (including phenoxy) is 1. The zero-order valence-electron chi connectivity index (χ0n) is 15.8. The molecule has 1 aliphatic rings. The number of benzene rings is 2. The van der Waals surface area contributed by atoms with Gasteiger partial charge in [0.15, 0.2) is 0 Å². The predicted octanol–water partition coefficient (Wildman–Crippen LogP) is 3.43. The van der Waals surface area contributed by atoms with E-state index in [2.05, 4.69) is 27.4 Å². The third kappa shape index (κ3) is 4.57. The number of hydrogen-bond acceptors (Lipinski definition) is 4. The first kappa shape index (κ1) is 18.2. The summed E-state index contributed by atoms with van der Waals surface area (Å²) in [6, 6.07) is 17.9. The van der Waals surface area contributed by atoms with Crippen LogP contribution in [0.4, 0.5) is 4.79 Å². The molecule has 0 saturated carbocycles. The molecule has 6 heteroatoms. The maximum atomic E-state index is 12.4. The number of fused-ring (bicyclic) bond motifs is 1. The maximum absolute atomic E-state index is 12.4. The van der Waals surface area contributed by atoms with Gasteiger partial charge in [0.25, 0.3) is 0 Å². The number of urea groups is 1. The minimum atomic E-state index is -0.000113. The zero-order valence-corrected chi connectivity index (χ0v) is 15.8. The number of amides is 2. The molecule has 6 nitrogen and oxygen atoms in total. The topological polar surface area (TPSA) is 67.4 Å². The van der Waals surface area contributed by atoms with Gasteiger partial charge >= 0.3 is 6.03 Å². The summed E-state index contributed by atoms with van der Waals surface area (Å²) in [5.41, 5.74) is 2.92. The SMILES string of the molecule is O=C(NCCc1ccccc1)N1CCC(Oc2cnc3ccccc3n2)CC1. The Morgan fingerprint density at radius 1 is 1.04 bits per heavy atom. The Balaban J connectivity index is 1.23. The van der Waals surface area contributed by atoms with Crippen molar-refractivity contribution in [3.05, 3.63) is 66.4 Å². The average Bonchev–Trinajstić information content (AvgIpc) is 2.75. The molecule has 4 rings (SSSR count). The van der Waals surface area contributed by atoms with E-state index in [1.165, 1.54) is 5.56 Å². The molecule has 2 heterocycles. The molecular formula is C22H24N4O2. The van der Waals surface area contributed by atoms with E-state index >= 15 is 0 Å². The van der Waals surface area contributed by atoms with Gasteiger partial charge in [-0.2, -0.15) is 0 Å². The summed E-state index contributed by atoms with van der Waals surface area (Å²) in [7, 11) is 0. The van der Waals surface area contributed by atoms with Crippen LogP contribution in [0.25, 0.3) is 11.0 Å². The van der Waals surface area contributed by atoms with Crippen LogP contribution in [0, 0.1) is 0 Å². The molecule has 28 heavy (non-hydrogen) atoms. The van der Waals surface area contributed by atoms with E-state index in [1.807, 2.05) is 47.4 Å². The lowest BCUT2D eigenvalue weighted by molar-refractivity contribution is 0.107. The molecule has 0 spiro atoms. The Morgan fingerprint density at radius 3 is 2.54 bits per heavy atom. The minimum Gasteiger partial charge on any atom is -0.473 e. The van der Waals surface area contributed by atoms with E-state index < -0.39 is 0 Å². The molecule has 1 N–H and O–H groups in total. The van der Waals surface area contributed by atoms with Gasteiger partial charge in [-0.3, -0.25) is 0 Å². The second-order valence-corrected chi connectivity index (χ2v) is 6.97. The molecule has 1 aliphatic heterocycles. The Hall–Kier alpha value is -3.15. The van der Waals surface area contributed by atoms with Crippen molar-refractivity contribution >= 4 is 17.1 Å². The van der Waals surface area contributed by atoms with Gasteiger partial charge in [0.05, 0.1) is 17.2 Å². The molecule has 1 fully saturated rings. The van der Waals surface area contributed by atoms with Gasteiger partial charge in [-0.25, -0.2) is 14.8 Å². The number of nitrogens with one attached hydrogen (secondary N) is 1. The Morgan fingerprint density at radius 2 is 1.75 bits per heavy atom. The van der Waals surface area contributed by atoms with Crippen LogP contribution in [0.2, 0.25) is 0 Å². The summed E-state index contributed by atoms with van der Waals surface area (Å²) in [5, 5.41) is 3.01. The molecule has 0 radical (unpaired) electrons. The molecule has 3 aromatic rings. The smallest absolute Gasteiger partial charge is 0.317 e. The number of hydrogen-bond donors (Lipinski definition) is 1. The van der Waals surface area contributed by atoms with E-state index in [0.29, 0.717) is 25.5 Å². The highest BCUT2D eigenvalue weighted by Crippen LogP contribution is 2.19. The van der Waals surface area contributed by atoms with Crippen LogP contribution < -0.4 is 10.1 Å². The quantitative estimate of drug-likeness (QED) is 0.741. The predicted molar refractivity (Wildman–Crippen MR) is 108 cm³/mol. The molecule has 2 amide bonds. The Kier molecular flexibility index (Phi) is 5.66. The zero-order chi connectivity index (χ0) is 19.2. The van der Waals surface area contributed by atoms with Crippen molar-refractivity contribution in [1.82, 2.24) is 20.2 Å².